The van der Waals surface area contributed by atoms with Gasteiger partial charge in [0.2, 0.25) is 0 Å². The molecule has 84 valence electrons. The van der Waals surface area contributed by atoms with Crippen LogP contribution in [0.15, 0.2) is 10.8 Å². The molecule has 4 heteroatoms. The summed E-state index contributed by atoms with van der Waals surface area (Å²) in [5.74, 6) is -0.169. The van der Waals surface area contributed by atoms with Crippen LogP contribution in [0, 0.1) is 6.92 Å². The van der Waals surface area contributed by atoms with E-state index in [1.54, 1.807) is 11.3 Å². The number of ether oxygens (including phenoxy) is 1. The van der Waals surface area contributed by atoms with Gasteiger partial charge in [0, 0.05) is 12.6 Å². The summed E-state index contributed by atoms with van der Waals surface area (Å²) >= 11 is 1.70. The number of carbonyl (C=O) groups excluding carboxylic acids is 1. The van der Waals surface area contributed by atoms with Gasteiger partial charge >= 0.3 is 5.97 Å². The molecule has 15 heavy (non-hydrogen) atoms. The van der Waals surface area contributed by atoms with Gasteiger partial charge in [-0.05, 0) is 35.7 Å². The van der Waals surface area contributed by atoms with E-state index in [1.165, 1.54) is 18.2 Å². The van der Waals surface area contributed by atoms with E-state index in [4.69, 9.17) is 0 Å². The molecule has 0 aliphatic rings. The number of esters is 1. The third-order valence-electron chi connectivity index (χ3n) is 2.30. The fourth-order valence-electron chi connectivity index (χ4n) is 1.26. The van der Waals surface area contributed by atoms with E-state index in [0.29, 0.717) is 6.42 Å². The first-order valence-corrected chi connectivity index (χ1v) is 5.89. The van der Waals surface area contributed by atoms with E-state index < -0.39 is 0 Å². The second-order valence-electron chi connectivity index (χ2n) is 3.64. The minimum atomic E-state index is -0.169. The Kier molecular flexibility index (Phi) is 4.78. The van der Waals surface area contributed by atoms with Gasteiger partial charge in [-0.25, -0.2) is 0 Å². The maximum Gasteiger partial charge on any atom is 0.307 e. The van der Waals surface area contributed by atoms with E-state index in [2.05, 4.69) is 27.7 Å². The second kappa shape index (κ2) is 5.88. The van der Waals surface area contributed by atoms with Crippen LogP contribution in [0.25, 0.3) is 0 Å². The van der Waals surface area contributed by atoms with Gasteiger partial charge in [0.15, 0.2) is 0 Å². The molecule has 0 aromatic carbocycles. The van der Waals surface area contributed by atoms with Crippen molar-refractivity contribution in [2.45, 2.75) is 32.9 Å². The lowest BCUT2D eigenvalue weighted by molar-refractivity contribution is -0.141. The number of methoxy groups -OCH3 is 1. The van der Waals surface area contributed by atoms with Crippen molar-refractivity contribution in [3.63, 3.8) is 0 Å². The summed E-state index contributed by atoms with van der Waals surface area (Å²) in [5, 5.41) is 7.56. The largest absolute Gasteiger partial charge is 0.469 e. The standard InChI is InChI=1S/C11H17NO2S/c1-8-6-15-7-10(8)5-12-9(2)4-11(13)14-3/h6-7,9,12H,4-5H2,1-3H3. The summed E-state index contributed by atoms with van der Waals surface area (Å²) in [5.41, 5.74) is 2.61. The van der Waals surface area contributed by atoms with Crippen molar-refractivity contribution < 1.29 is 9.53 Å². The first kappa shape index (κ1) is 12.2. The average Bonchev–Trinajstić information content (AvgIpc) is 2.61. The molecule has 0 aliphatic heterocycles. The normalized spacial score (nSPS) is 12.5. The van der Waals surface area contributed by atoms with E-state index in [-0.39, 0.29) is 12.0 Å². The van der Waals surface area contributed by atoms with Crippen molar-refractivity contribution >= 4 is 17.3 Å². The molecule has 0 aliphatic carbocycles. The van der Waals surface area contributed by atoms with Gasteiger partial charge in [-0.1, -0.05) is 0 Å². The van der Waals surface area contributed by atoms with E-state index >= 15 is 0 Å². The van der Waals surface area contributed by atoms with Gasteiger partial charge in [-0.3, -0.25) is 4.79 Å². The number of rotatable bonds is 5. The van der Waals surface area contributed by atoms with Crippen LogP contribution in [0.5, 0.6) is 0 Å². The summed E-state index contributed by atoms with van der Waals surface area (Å²) in [6, 6.07) is 0.150. The Morgan fingerprint density at radius 2 is 2.33 bits per heavy atom. The van der Waals surface area contributed by atoms with Crippen LogP contribution in [0.2, 0.25) is 0 Å². The maximum absolute atomic E-state index is 11.0. The molecule has 3 nitrogen and oxygen atoms in total. The summed E-state index contributed by atoms with van der Waals surface area (Å²) < 4.78 is 4.60. The van der Waals surface area contributed by atoms with Crippen molar-refractivity contribution in [3.8, 4) is 0 Å². The minimum absolute atomic E-state index is 0.150. The number of hydrogen-bond acceptors (Lipinski definition) is 4. The SMILES string of the molecule is COC(=O)CC(C)NCc1cscc1C. The molecule has 0 radical (unpaired) electrons. The Hall–Kier alpha value is -0.870. The third-order valence-corrected chi connectivity index (χ3v) is 3.21. The summed E-state index contributed by atoms with van der Waals surface area (Å²) in [4.78, 5) is 11.0. The van der Waals surface area contributed by atoms with Gasteiger partial charge in [-0.15, -0.1) is 0 Å². The smallest absolute Gasteiger partial charge is 0.307 e. The fraction of sp³-hybridized carbons (Fsp3) is 0.545. The number of carbonyl (C=O) groups is 1. The highest BCUT2D eigenvalue weighted by Crippen LogP contribution is 2.13. The number of hydrogen-bond donors (Lipinski definition) is 1. The molecular formula is C11H17NO2S. The highest BCUT2D eigenvalue weighted by molar-refractivity contribution is 7.08. The van der Waals surface area contributed by atoms with E-state index in [1.807, 2.05) is 6.92 Å². The Bertz CT molecular complexity index is 322. The molecule has 1 heterocycles. The third kappa shape index (κ3) is 4.01. The lowest BCUT2D eigenvalue weighted by Crippen LogP contribution is -2.28. The summed E-state index contributed by atoms with van der Waals surface area (Å²) in [6.45, 7) is 4.89. The van der Waals surface area contributed by atoms with Crippen molar-refractivity contribution in [2.24, 2.45) is 0 Å². The van der Waals surface area contributed by atoms with E-state index in [9.17, 15) is 4.79 Å². The Balaban J connectivity index is 2.31. The van der Waals surface area contributed by atoms with Crippen LogP contribution in [-0.2, 0) is 16.1 Å². The van der Waals surface area contributed by atoms with Gasteiger partial charge < -0.3 is 10.1 Å². The Morgan fingerprint density at radius 1 is 1.60 bits per heavy atom. The zero-order chi connectivity index (χ0) is 11.3. The monoisotopic (exact) mass is 227 g/mol. The van der Waals surface area contributed by atoms with Crippen molar-refractivity contribution in [1.29, 1.82) is 0 Å². The summed E-state index contributed by atoms with van der Waals surface area (Å²) in [7, 11) is 1.41. The average molecular weight is 227 g/mol. The van der Waals surface area contributed by atoms with Gasteiger partial charge in [0.25, 0.3) is 0 Å². The highest BCUT2D eigenvalue weighted by Gasteiger charge is 2.08. The van der Waals surface area contributed by atoms with Crippen molar-refractivity contribution in [1.82, 2.24) is 5.32 Å². The highest BCUT2D eigenvalue weighted by atomic mass is 32.1. The zero-order valence-corrected chi connectivity index (χ0v) is 10.2. The number of aryl methyl sites for hydroxylation is 1. The van der Waals surface area contributed by atoms with Gasteiger partial charge in [0.05, 0.1) is 13.5 Å². The van der Waals surface area contributed by atoms with Crippen LogP contribution in [0.4, 0.5) is 0 Å². The second-order valence-corrected chi connectivity index (χ2v) is 4.39. The molecule has 1 unspecified atom stereocenters. The van der Waals surface area contributed by atoms with Crippen LogP contribution >= 0.6 is 11.3 Å². The molecule has 1 atom stereocenters. The Labute approximate surface area is 94.5 Å². The van der Waals surface area contributed by atoms with Gasteiger partial charge in [-0.2, -0.15) is 11.3 Å². The molecule has 1 N–H and O–H groups in total. The van der Waals surface area contributed by atoms with Crippen molar-refractivity contribution in [2.75, 3.05) is 7.11 Å². The summed E-state index contributed by atoms with van der Waals surface area (Å²) in [6.07, 6.45) is 0.416. The first-order chi connectivity index (χ1) is 7.13. The lowest BCUT2D eigenvalue weighted by Gasteiger charge is -2.12. The Morgan fingerprint density at radius 3 is 2.87 bits per heavy atom. The van der Waals surface area contributed by atoms with Crippen LogP contribution < -0.4 is 5.32 Å². The molecule has 1 rings (SSSR count). The zero-order valence-electron chi connectivity index (χ0n) is 9.37. The maximum atomic E-state index is 11.0. The predicted octanol–water partition coefficient (Wildman–Crippen LogP) is 2.10. The molecule has 0 saturated carbocycles. The fourth-order valence-corrected chi connectivity index (χ4v) is 2.11. The topological polar surface area (TPSA) is 38.3 Å². The van der Waals surface area contributed by atoms with Crippen LogP contribution in [0.1, 0.15) is 24.5 Å². The van der Waals surface area contributed by atoms with Gasteiger partial charge in [0.1, 0.15) is 0 Å². The molecule has 0 amide bonds. The number of nitrogens with one attached hydrogen (secondary N) is 1. The molecule has 0 bridgehead atoms. The molecule has 1 aromatic rings. The minimum Gasteiger partial charge on any atom is -0.469 e. The molecule has 0 saturated heterocycles. The molecule has 0 spiro atoms. The quantitative estimate of drug-likeness (QED) is 0.783. The predicted molar refractivity (Wildman–Crippen MR) is 62.0 cm³/mol. The lowest BCUT2D eigenvalue weighted by atomic mass is 10.2. The van der Waals surface area contributed by atoms with Crippen LogP contribution in [-0.4, -0.2) is 19.1 Å². The first-order valence-electron chi connectivity index (χ1n) is 4.95. The molecular weight excluding hydrogens is 210 g/mol. The van der Waals surface area contributed by atoms with E-state index in [0.717, 1.165) is 6.54 Å². The van der Waals surface area contributed by atoms with Crippen molar-refractivity contribution in [3.05, 3.63) is 21.9 Å². The molecule has 1 aromatic heterocycles. The number of thiophene rings is 1. The van der Waals surface area contributed by atoms with Crippen LogP contribution in [0.3, 0.4) is 0 Å². The molecule has 0 fully saturated rings.